The van der Waals surface area contributed by atoms with Gasteiger partial charge in [-0.25, -0.2) is 0 Å². The highest BCUT2D eigenvalue weighted by Gasteiger charge is 2.73. The molecular weight excluding hydrogens is 382 g/mol. The Hall–Kier alpha value is -0.690. The lowest BCUT2D eigenvalue weighted by molar-refractivity contribution is -0.314. The van der Waals surface area contributed by atoms with E-state index in [1.165, 1.54) is 37.8 Å². The molecule has 2 bridgehead atoms. The number of rotatable bonds is 1. The first-order valence-corrected chi connectivity index (χ1v) is 12.3. The molecule has 6 nitrogen and oxygen atoms in total. The predicted octanol–water partition coefficient (Wildman–Crippen LogP) is 4.13. The van der Waals surface area contributed by atoms with E-state index in [0.29, 0.717) is 49.6 Å². The largest absolute Gasteiger partial charge is 0.399 e. The molecule has 6 heteroatoms. The summed E-state index contributed by atoms with van der Waals surface area (Å²) in [6.07, 6.45) is 10.5. The van der Waals surface area contributed by atoms with Crippen molar-refractivity contribution in [1.29, 1.82) is 0 Å². The van der Waals surface area contributed by atoms with E-state index in [0.717, 1.165) is 31.6 Å². The Kier molecular flexibility index (Phi) is 4.76. The van der Waals surface area contributed by atoms with Crippen molar-refractivity contribution in [3.8, 4) is 0 Å². The van der Waals surface area contributed by atoms with Crippen LogP contribution in [-0.4, -0.2) is 51.3 Å². The van der Waals surface area contributed by atoms with Crippen LogP contribution >= 0.6 is 0 Å². The average Bonchev–Trinajstić information content (AvgIpc) is 2.92. The van der Waals surface area contributed by atoms with Crippen molar-refractivity contribution < 1.29 is 23.8 Å². The maximum Gasteiger partial charge on any atom is 0.179 e. The second kappa shape index (κ2) is 7.16. The summed E-state index contributed by atoms with van der Waals surface area (Å²) in [5, 5.41) is 4.68. The van der Waals surface area contributed by atoms with Gasteiger partial charge in [-0.15, -0.1) is 0 Å². The number of oxime groups is 1. The third-order valence-corrected chi connectivity index (χ3v) is 10.0. The van der Waals surface area contributed by atoms with Crippen LogP contribution in [0.5, 0.6) is 0 Å². The molecule has 6 fully saturated rings. The van der Waals surface area contributed by atoms with Gasteiger partial charge in [0, 0.05) is 12.3 Å². The summed E-state index contributed by atoms with van der Waals surface area (Å²) in [6.45, 7) is 4.91. The molecule has 2 heterocycles. The van der Waals surface area contributed by atoms with Gasteiger partial charge in [0.15, 0.2) is 12.1 Å². The summed E-state index contributed by atoms with van der Waals surface area (Å²) in [6, 6.07) is 0. The molecular formula is C24H37NO5. The molecule has 1 spiro atoms. The van der Waals surface area contributed by atoms with E-state index >= 15 is 0 Å². The molecule has 0 aromatic rings. The minimum Gasteiger partial charge on any atom is -0.399 e. The Morgan fingerprint density at radius 1 is 0.900 bits per heavy atom. The number of fused-ring (bicyclic) bond motifs is 4. The van der Waals surface area contributed by atoms with Crippen molar-refractivity contribution in [2.45, 2.75) is 76.8 Å². The van der Waals surface area contributed by atoms with E-state index in [-0.39, 0.29) is 11.7 Å². The Balaban J connectivity index is 1.46. The lowest BCUT2D eigenvalue weighted by Gasteiger charge is -2.62. The van der Waals surface area contributed by atoms with Gasteiger partial charge in [-0.1, -0.05) is 24.9 Å². The second-order valence-corrected chi connectivity index (χ2v) is 10.8. The molecule has 6 aliphatic rings. The smallest absolute Gasteiger partial charge is 0.179 e. The van der Waals surface area contributed by atoms with Crippen LogP contribution in [0.15, 0.2) is 5.16 Å². The Morgan fingerprint density at radius 3 is 2.43 bits per heavy atom. The third-order valence-electron chi connectivity index (χ3n) is 10.0. The first-order valence-electron chi connectivity index (χ1n) is 12.3. The molecule has 168 valence electrons. The van der Waals surface area contributed by atoms with Gasteiger partial charge in [0.25, 0.3) is 0 Å². The van der Waals surface area contributed by atoms with E-state index in [1.807, 2.05) is 0 Å². The first-order chi connectivity index (χ1) is 14.6. The molecule has 0 N–H and O–H groups in total. The lowest BCUT2D eigenvalue weighted by Crippen LogP contribution is -2.63. The molecule has 0 unspecified atom stereocenters. The van der Waals surface area contributed by atoms with Crippen molar-refractivity contribution in [2.24, 2.45) is 39.7 Å². The molecule has 0 radical (unpaired) electrons. The van der Waals surface area contributed by atoms with Crippen molar-refractivity contribution in [3.63, 3.8) is 0 Å². The normalized spacial score (nSPS) is 54.2. The molecule has 0 aromatic carbocycles. The summed E-state index contributed by atoms with van der Waals surface area (Å²) in [5.74, 6) is 1.65. The number of nitrogens with zero attached hydrogens (tertiary/aromatic N) is 1. The standard InChI is InChI=1S/C24H37NO5/c1-22-8-4-3-5-16(22)15-19(25-26-2)20-17(22)6-9-23-18(20)7-10-24(23)29-13-11-27-21(23)28-12-14-30-24/h16-18,20-21H,3-15H2,1-2H3/b25-19+/t16-,17+,18+,20-,21?,22+,23+,24?/m1/s1. The van der Waals surface area contributed by atoms with Gasteiger partial charge >= 0.3 is 0 Å². The summed E-state index contributed by atoms with van der Waals surface area (Å²) >= 11 is 0. The molecule has 0 aromatic heterocycles. The van der Waals surface area contributed by atoms with Crippen molar-refractivity contribution in [1.82, 2.24) is 0 Å². The van der Waals surface area contributed by atoms with Crippen LogP contribution in [-0.2, 0) is 23.8 Å². The minimum absolute atomic E-state index is 0.239. The van der Waals surface area contributed by atoms with Gasteiger partial charge in [0.05, 0.1) is 37.6 Å². The maximum atomic E-state index is 6.53. The van der Waals surface area contributed by atoms with Gasteiger partial charge in [0.1, 0.15) is 7.11 Å². The van der Waals surface area contributed by atoms with Crippen LogP contribution in [0.3, 0.4) is 0 Å². The number of hydrogen-bond acceptors (Lipinski definition) is 6. The molecule has 4 aliphatic carbocycles. The fraction of sp³-hybridized carbons (Fsp3) is 0.958. The van der Waals surface area contributed by atoms with E-state index in [4.69, 9.17) is 23.8 Å². The zero-order chi connectivity index (χ0) is 20.4. The highest BCUT2D eigenvalue weighted by atomic mass is 16.8. The molecule has 6 rings (SSSR count). The molecule has 2 saturated heterocycles. The average molecular weight is 420 g/mol. The Labute approximate surface area is 180 Å². The predicted molar refractivity (Wildman–Crippen MR) is 111 cm³/mol. The highest BCUT2D eigenvalue weighted by Crippen LogP contribution is 2.70. The summed E-state index contributed by atoms with van der Waals surface area (Å²) < 4.78 is 25.7. The van der Waals surface area contributed by atoms with Crippen LogP contribution in [0.4, 0.5) is 0 Å². The summed E-state index contributed by atoms with van der Waals surface area (Å²) in [5.41, 5.74) is 1.45. The van der Waals surface area contributed by atoms with Crippen molar-refractivity contribution in [2.75, 3.05) is 33.5 Å². The highest BCUT2D eigenvalue weighted by molar-refractivity contribution is 5.88. The number of ether oxygens (including phenoxy) is 4. The van der Waals surface area contributed by atoms with Gasteiger partial charge in [-0.3, -0.25) is 0 Å². The molecule has 4 saturated carbocycles. The second-order valence-electron chi connectivity index (χ2n) is 10.8. The Morgan fingerprint density at radius 2 is 1.67 bits per heavy atom. The van der Waals surface area contributed by atoms with Crippen LogP contribution in [0.1, 0.15) is 64.7 Å². The fourth-order valence-corrected chi connectivity index (χ4v) is 8.91. The van der Waals surface area contributed by atoms with E-state index in [9.17, 15) is 0 Å². The van der Waals surface area contributed by atoms with Gasteiger partial charge < -0.3 is 23.8 Å². The van der Waals surface area contributed by atoms with Gasteiger partial charge in [0.2, 0.25) is 0 Å². The summed E-state index contributed by atoms with van der Waals surface area (Å²) in [4.78, 5) is 5.43. The molecule has 0 amide bonds. The SMILES string of the molecule is CO/N=C1\C[C@H]2CCCC[C@]2(C)[C@H]2CC[C@]34C5OCCOC3(CC[C@H]4[C@H]12)OCCO5. The lowest BCUT2D eigenvalue weighted by atomic mass is 9.44. The van der Waals surface area contributed by atoms with E-state index in [1.54, 1.807) is 7.11 Å². The fourth-order valence-electron chi connectivity index (χ4n) is 8.91. The van der Waals surface area contributed by atoms with E-state index in [2.05, 4.69) is 12.1 Å². The first kappa shape index (κ1) is 20.0. The maximum absolute atomic E-state index is 6.53. The van der Waals surface area contributed by atoms with Crippen molar-refractivity contribution in [3.05, 3.63) is 0 Å². The van der Waals surface area contributed by atoms with Gasteiger partial charge in [-0.2, -0.15) is 0 Å². The zero-order valence-corrected chi connectivity index (χ0v) is 18.6. The zero-order valence-electron chi connectivity index (χ0n) is 18.6. The number of hydrogen-bond donors (Lipinski definition) is 0. The van der Waals surface area contributed by atoms with Crippen LogP contribution in [0, 0.1) is 34.5 Å². The van der Waals surface area contributed by atoms with E-state index < -0.39 is 5.79 Å². The van der Waals surface area contributed by atoms with Crippen LogP contribution < -0.4 is 0 Å². The third kappa shape index (κ3) is 2.48. The van der Waals surface area contributed by atoms with Crippen LogP contribution in [0.2, 0.25) is 0 Å². The molecule has 30 heavy (non-hydrogen) atoms. The monoisotopic (exact) mass is 419 g/mol. The minimum atomic E-state index is -0.567. The summed E-state index contributed by atoms with van der Waals surface area (Å²) in [7, 11) is 1.70. The topological polar surface area (TPSA) is 58.5 Å². The molecule has 2 aliphatic heterocycles. The van der Waals surface area contributed by atoms with Gasteiger partial charge in [-0.05, 0) is 61.7 Å². The molecule has 6 atom stereocenters. The Bertz CT molecular complexity index is 700. The van der Waals surface area contributed by atoms with Crippen molar-refractivity contribution >= 4 is 5.71 Å². The quantitative estimate of drug-likeness (QED) is 0.598. The van der Waals surface area contributed by atoms with Crippen LogP contribution in [0.25, 0.3) is 0 Å².